The molecule has 3 heterocycles. The number of nitrogens with zero attached hydrogens (tertiary/aromatic N) is 2. The van der Waals surface area contributed by atoms with E-state index in [9.17, 15) is 4.79 Å². The Bertz CT molecular complexity index is 802. The van der Waals surface area contributed by atoms with Gasteiger partial charge in [0, 0.05) is 25.0 Å². The second-order valence-corrected chi connectivity index (χ2v) is 7.81. The summed E-state index contributed by atoms with van der Waals surface area (Å²) in [6.07, 6.45) is -0.246. The van der Waals surface area contributed by atoms with E-state index < -0.39 is 6.10 Å². The van der Waals surface area contributed by atoms with E-state index in [1.165, 1.54) is 11.3 Å². The molecule has 1 amide bonds. The largest absolute Gasteiger partial charge is 0.485 e. The Balaban J connectivity index is 1.33. The SMILES string of the molecule is CC1CN(Cc2csc(NC(=O)C3COc4ccccc4O3)n2)CC(C)O1. The number of morpholine rings is 1. The third-order valence-electron chi connectivity index (χ3n) is 4.46. The highest BCUT2D eigenvalue weighted by Gasteiger charge is 2.28. The molecule has 1 N–H and O–H groups in total. The summed E-state index contributed by atoms with van der Waals surface area (Å²) in [5.41, 5.74) is 0.947. The van der Waals surface area contributed by atoms with Crippen molar-refractivity contribution in [3.63, 3.8) is 0 Å². The summed E-state index contributed by atoms with van der Waals surface area (Å²) in [5.74, 6) is 0.991. The van der Waals surface area contributed by atoms with Crippen molar-refractivity contribution in [3.8, 4) is 11.5 Å². The number of amides is 1. The number of thiazole rings is 1. The summed E-state index contributed by atoms with van der Waals surface area (Å²) in [7, 11) is 0. The fourth-order valence-corrected chi connectivity index (χ4v) is 4.12. The lowest BCUT2D eigenvalue weighted by Gasteiger charge is -2.34. The summed E-state index contributed by atoms with van der Waals surface area (Å²) < 4.78 is 17.1. The molecule has 0 spiro atoms. The van der Waals surface area contributed by atoms with Gasteiger partial charge in [-0.2, -0.15) is 0 Å². The van der Waals surface area contributed by atoms with Crippen molar-refractivity contribution in [3.05, 3.63) is 35.3 Å². The first-order chi connectivity index (χ1) is 13.1. The molecule has 3 unspecified atom stereocenters. The fraction of sp³-hybridized carbons (Fsp3) is 0.474. The Hall–Kier alpha value is -2.16. The lowest BCUT2D eigenvalue weighted by Crippen LogP contribution is -2.44. The van der Waals surface area contributed by atoms with Crippen LogP contribution in [0.2, 0.25) is 0 Å². The molecule has 7 nitrogen and oxygen atoms in total. The van der Waals surface area contributed by atoms with Crippen molar-refractivity contribution in [1.29, 1.82) is 0 Å². The second kappa shape index (κ2) is 7.84. The van der Waals surface area contributed by atoms with Crippen molar-refractivity contribution in [2.24, 2.45) is 0 Å². The Morgan fingerprint density at radius 3 is 2.78 bits per heavy atom. The Morgan fingerprint density at radius 2 is 2.00 bits per heavy atom. The van der Waals surface area contributed by atoms with Crippen LogP contribution in [-0.2, 0) is 16.1 Å². The molecule has 0 radical (unpaired) electrons. The zero-order chi connectivity index (χ0) is 18.8. The Kier molecular flexibility index (Phi) is 5.29. The standard InChI is InChI=1S/C19H23N3O4S/c1-12-7-22(8-13(2)25-12)9-14-11-27-19(20-14)21-18(23)17-10-24-15-5-3-4-6-16(15)26-17/h3-6,11-13,17H,7-10H2,1-2H3,(H,20,21,23). The topological polar surface area (TPSA) is 72.9 Å². The first-order valence-corrected chi connectivity index (χ1v) is 9.96. The van der Waals surface area contributed by atoms with Gasteiger partial charge < -0.3 is 14.2 Å². The van der Waals surface area contributed by atoms with E-state index in [4.69, 9.17) is 14.2 Å². The maximum atomic E-state index is 12.5. The molecule has 0 bridgehead atoms. The minimum Gasteiger partial charge on any atom is -0.485 e. The highest BCUT2D eigenvalue weighted by Crippen LogP contribution is 2.31. The van der Waals surface area contributed by atoms with Gasteiger partial charge in [-0.05, 0) is 26.0 Å². The number of ether oxygens (including phenoxy) is 3. The minimum atomic E-state index is -0.687. The van der Waals surface area contributed by atoms with Crippen molar-refractivity contribution in [1.82, 2.24) is 9.88 Å². The molecule has 27 heavy (non-hydrogen) atoms. The number of carbonyl (C=O) groups excluding carboxylic acids is 1. The molecule has 0 aliphatic carbocycles. The van der Waals surface area contributed by atoms with Crippen LogP contribution in [0.5, 0.6) is 11.5 Å². The highest BCUT2D eigenvalue weighted by molar-refractivity contribution is 7.13. The number of rotatable bonds is 4. The van der Waals surface area contributed by atoms with Gasteiger partial charge in [0.2, 0.25) is 6.10 Å². The van der Waals surface area contributed by atoms with E-state index in [0.717, 1.165) is 25.3 Å². The van der Waals surface area contributed by atoms with E-state index in [1.54, 1.807) is 6.07 Å². The third kappa shape index (κ3) is 4.40. The summed E-state index contributed by atoms with van der Waals surface area (Å²) in [4.78, 5) is 19.4. The zero-order valence-corrected chi connectivity index (χ0v) is 16.2. The average Bonchev–Trinajstić information content (AvgIpc) is 3.07. The molecule has 1 aromatic heterocycles. The van der Waals surface area contributed by atoms with E-state index >= 15 is 0 Å². The number of para-hydroxylation sites is 2. The highest BCUT2D eigenvalue weighted by atomic mass is 32.1. The van der Waals surface area contributed by atoms with Crippen LogP contribution in [0, 0.1) is 0 Å². The first-order valence-electron chi connectivity index (χ1n) is 9.08. The zero-order valence-electron chi connectivity index (χ0n) is 15.4. The molecule has 1 aromatic carbocycles. The van der Waals surface area contributed by atoms with E-state index in [1.807, 2.05) is 23.6 Å². The van der Waals surface area contributed by atoms with Gasteiger partial charge in [0.25, 0.3) is 5.91 Å². The van der Waals surface area contributed by atoms with Gasteiger partial charge in [0.1, 0.15) is 6.61 Å². The quantitative estimate of drug-likeness (QED) is 0.866. The summed E-state index contributed by atoms with van der Waals surface area (Å²) in [6.45, 7) is 6.87. The lowest BCUT2D eigenvalue weighted by molar-refractivity contribution is -0.125. The van der Waals surface area contributed by atoms with Crippen LogP contribution in [0.15, 0.2) is 29.6 Å². The Labute approximate surface area is 162 Å². The van der Waals surface area contributed by atoms with Crippen LogP contribution in [0.25, 0.3) is 0 Å². The van der Waals surface area contributed by atoms with Gasteiger partial charge in [0.15, 0.2) is 16.6 Å². The summed E-state index contributed by atoms with van der Waals surface area (Å²) in [5, 5.41) is 5.39. The van der Waals surface area contributed by atoms with Gasteiger partial charge in [-0.15, -0.1) is 11.3 Å². The number of fused-ring (bicyclic) bond motifs is 1. The molecule has 2 aliphatic rings. The van der Waals surface area contributed by atoms with Gasteiger partial charge in [-0.3, -0.25) is 15.0 Å². The average molecular weight is 389 g/mol. The summed E-state index contributed by atoms with van der Waals surface area (Å²) in [6, 6.07) is 7.34. The van der Waals surface area contributed by atoms with E-state index in [2.05, 4.69) is 29.0 Å². The smallest absolute Gasteiger partial charge is 0.270 e. The number of hydrogen-bond acceptors (Lipinski definition) is 7. The molecule has 4 rings (SSSR count). The van der Waals surface area contributed by atoms with E-state index in [-0.39, 0.29) is 24.7 Å². The van der Waals surface area contributed by atoms with Crippen LogP contribution < -0.4 is 14.8 Å². The van der Waals surface area contributed by atoms with Crippen LogP contribution in [0.1, 0.15) is 19.5 Å². The third-order valence-corrected chi connectivity index (χ3v) is 5.27. The molecule has 0 saturated carbocycles. The maximum absolute atomic E-state index is 12.5. The predicted molar refractivity (Wildman–Crippen MR) is 102 cm³/mol. The first kappa shape index (κ1) is 18.2. The molecule has 144 valence electrons. The second-order valence-electron chi connectivity index (χ2n) is 6.95. The van der Waals surface area contributed by atoms with Crippen molar-refractivity contribution in [2.45, 2.75) is 38.7 Å². The number of nitrogens with one attached hydrogen (secondary N) is 1. The number of benzene rings is 1. The van der Waals surface area contributed by atoms with Crippen LogP contribution >= 0.6 is 11.3 Å². The molecule has 1 fully saturated rings. The number of hydrogen-bond donors (Lipinski definition) is 1. The normalized spacial score (nSPS) is 25.2. The fourth-order valence-electron chi connectivity index (χ4n) is 3.41. The predicted octanol–water partition coefficient (Wildman–Crippen LogP) is 2.53. The van der Waals surface area contributed by atoms with Gasteiger partial charge >= 0.3 is 0 Å². The molecule has 8 heteroatoms. The van der Waals surface area contributed by atoms with Crippen molar-refractivity contribution in [2.75, 3.05) is 25.0 Å². The molecule has 2 aliphatic heterocycles. The summed E-state index contributed by atoms with van der Waals surface area (Å²) >= 11 is 1.42. The molecule has 1 saturated heterocycles. The van der Waals surface area contributed by atoms with Crippen LogP contribution in [-0.4, -0.2) is 53.8 Å². The number of anilines is 1. The number of aromatic nitrogens is 1. The molecular formula is C19H23N3O4S. The van der Waals surface area contributed by atoms with Crippen LogP contribution in [0.4, 0.5) is 5.13 Å². The molecular weight excluding hydrogens is 366 g/mol. The van der Waals surface area contributed by atoms with Gasteiger partial charge in [-0.25, -0.2) is 4.98 Å². The number of carbonyl (C=O) groups is 1. The van der Waals surface area contributed by atoms with Crippen molar-refractivity contribution >= 4 is 22.4 Å². The van der Waals surface area contributed by atoms with Gasteiger partial charge in [0.05, 0.1) is 17.9 Å². The monoisotopic (exact) mass is 389 g/mol. The van der Waals surface area contributed by atoms with Crippen molar-refractivity contribution < 1.29 is 19.0 Å². The lowest BCUT2D eigenvalue weighted by atomic mass is 10.2. The molecule has 3 atom stereocenters. The maximum Gasteiger partial charge on any atom is 0.270 e. The molecule has 2 aromatic rings. The Morgan fingerprint density at radius 1 is 1.26 bits per heavy atom. The van der Waals surface area contributed by atoms with E-state index in [0.29, 0.717) is 16.6 Å². The van der Waals surface area contributed by atoms with Gasteiger partial charge in [-0.1, -0.05) is 12.1 Å². The van der Waals surface area contributed by atoms with Crippen LogP contribution in [0.3, 0.4) is 0 Å². The minimum absolute atomic E-state index is 0.185.